The molecule has 4 heteroatoms. The summed E-state index contributed by atoms with van der Waals surface area (Å²) in [6, 6.07) is 5.85. The summed E-state index contributed by atoms with van der Waals surface area (Å²) >= 11 is 8.15. The first-order valence-electron chi connectivity index (χ1n) is 6.82. The number of carboxylic acids is 1. The third kappa shape index (κ3) is 2.50. The van der Waals surface area contributed by atoms with E-state index in [-0.39, 0.29) is 0 Å². The lowest BCUT2D eigenvalue weighted by Crippen LogP contribution is -2.32. The highest BCUT2D eigenvalue weighted by Crippen LogP contribution is 2.45. The Balaban J connectivity index is 1.91. The summed E-state index contributed by atoms with van der Waals surface area (Å²) in [5.41, 5.74) is 0.175. The lowest BCUT2D eigenvalue weighted by molar-refractivity contribution is -0.143. The zero-order valence-corrected chi connectivity index (χ0v) is 12.3. The molecular weight excluding hydrogens is 280 g/mol. The zero-order chi connectivity index (χ0) is 13.5. The van der Waals surface area contributed by atoms with Crippen molar-refractivity contribution in [3.8, 4) is 0 Å². The first-order valence-corrected chi connectivity index (χ1v) is 8.08. The van der Waals surface area contributed by atoms with Crippen LogP contribution in [0.2, 0.25) is 5.02 Å². The third-order valence-electron chi connectivity index (χ3n) is 4.17. The maximum Gasteiger partial charge on any atom is 0.314 e. The average Bonchev–Trinajstić information content (AvgIpc) is 3.05. The number of halogens is 1. The lowest BCUT2D eigenvalue weighted by Gasteiger charge is -2.25. The molecule has 2 nitrogen and oxygen atoms in total. The minimum absolute atomic E-state index is 0.702. The van der Waals surface area contributed by atoms with Gasteiger partial charge in [0.25, 0.3) is 0 Å². The molecule has 0 bridgehead atoms. The molecule has 3 rings (SSSR count). The van der Waals surface area contributed by atoms with Gasteiger partial charge >= 0.3 is 5.97 Å². The van der Waals surface area contributed by atoms with Crippen molar-refractivity contribution >= 4 is 29.3 Å². The molecule has 0 unspecified atom stereocenters. The van der Waals surface area contributed by atoms with E-state index in [1.165, 1.54) is 12.8 Å². The van der Waals surface area contributed by atoms with Crippen molar-refractivity contribution in [3.05, 3.63) is 28.8 Å². The second kappa shape index (κ2) is 5.02. The van der Waals surface area contributed by atoms with Gasteiger partial charge in [-0.2, -0.15) is 0 Å². The number of carboxylic acid groups (broad SMARTS) is 1. The standard InChI is InChI=1S/C15H17ClO2S/c16-12-9-10(3-6-13(12)19-11-4-5-11)15(14(17)18)7-1-2-8-15/h3,6,9,11H,1-2,4-5,7-8H2,(H,17,18). The van der Waals surface area contributed by atoms with Crippen molar-refractivity contribution in [2.24, 2.45) is 0 Å². The summed E-state index contributed by atoms with van der Waals surface area (Å²) in [6.07, 6.45) is 5.97. The van der Waals surface area contributed by atoms with E-state index in [1.54, 1.807) is 0 Å². The predicted octanol–water partition coefficient (Wildman–Crippen LogP) is 4.49. The van der Waals surface area contributed by atoms with E-state index >= 15 is 0 Å². The number of rotatable bonds is 4. The molecule has 19 heavy (non-hydrogen) atoms. The smallest absolute Gasteiger partial charge is 0.314 e. The lowest BCUT2D eigenvalue weighted by atomic mass is 9.79. The molecule has 0 radical (unpaired) electrons. The molecule has 0 atom stereocenters. The SMILES string of the molecule is O=C(O)C1(c2ccc(SC3CC3)c(Cl)c2)CCCC1. The van der Waals surface area contributed by atoms with Crippen LogP contribution in [0.4, 0.5) is 0 Å². The van der Waals surface area contributed by atoms with E-state index in [2.05, 4.69) is 0 Å². The Labute approximate surface area is 122 Å². The third-order valence-corrected chi connectivity index (χ3v) is 6.01. The molecule has 0 amide bonds. The van der Waals surface area contributed by atoms with Crippen molar-refractivity contribution in [2.75, 3.05) is 0 Å². The number of carbonyl (C=O) groups is 1. The van der Waals surface area contributed by atoms with Crippen molar-refractivity contribution in [1.29, 1.82) is 0 Å². The number of benzene rings is 1. The van der Waals surface area contributed by atoms with Gasteiger partial charge in [-0.25, -0.2) is 0 Å². The number of hydrogen-bond donors (Lipinski definition) is 1. The van der Waals surface area contributed by atoms with Gasteiger partial charge in [0.1, 0.15) is 0 Å². The fourth-order valence-corrected chi connectivity index (χ4v) is 4.23. The van der Waals surface area contributed by atoms with Crippen LogP contribution in [-0.2, 0) is 10.2 Å². The molecule has 0 spiro atoms. The van der Waals surface area contributed by atoms with Gasteiger partial charge in [-0.05, 0) is 43.4 Å². The Morgan fingerprint density at radius 1 is 1.32 bits per heavy atom. The minimum Gasteiger partial charge on any atom is -0.481 e. The highest BCUT2D eigenvalue weighted by molar-refractivity contribution is 8.00. The Morgan fingerprint density at radius 2 is 2.00 bits per heavy atom. The van der Waals surface area contributed by atoms with E-state index < -0.39 is 11.4 Å². The van der Waals surface area contributed by atoms with Crippen molar-refractivity contribution < 1.29 is 9.90 Å². The predicted molar refractivity (Wildman–Crippen MR) is 78.1 cm³/mol. The molecule has 0 aromatic heterocycles. The van der Waals surface area contributed by atoms with Crippen LogP contribution in [0.25, 0.3) is 0 Å². The van der Waals surface area contributed by atoms with Gasteiger partial charge in [-0.3, -0.25) is 4.79 Å². The van der Waals surface area contributed by atoms with Crippen LogP contribution in [0.15, 0.2) is 23.1 Å². The van der Waals surface area contributed by atoms with Crippen LogP contribution in [0, 0.1) is 0 Å². The second-order valence-corrected chi connectivity index (χ2v) is 7.31. The van der Waals surface area contributed by atoms with Crippen molar-refractivity contribution in [1.82, 2.24) is 0 Å². The number of hydrogen-bond acceptors (Lipinski definition) is 2. The van der Waals surface area contributed by atoms with Gasteiger partial charge in [-0.15, -0.1) is 11.8 Å². The summed E-state index contributed by atoms with van der Waals surface area (Å²) in [6.45, 7) is 0. The van der Waals surface area contributed by atoms with Crippen LogP contribution in [0.5, 0.6) is 0 Å². The number of aliphatic carboxylic acids is 1. The first-order chi connectivity index (χ1) is 9.12. The van der Waals surface area contributed by atoms with Gasteiger partial charge in [0.2, 0.25) is 0 Å². The van der Waals surface area contributed by atoms with E-state index in [0.717, 1.165) is 36.1 Å². The fraction of sp³-hybridized carbons (Fsp3) is 0.533. The molecular formula is C15H17ClO2S. The van der Waals surface area contributed by atoms with Crippen LogP contribution < -0.4 is 0 Å². The minimum atomic E-state index is -0.705. The fourth-order valence-electron chi connectivity index (χ4n) is 2.86. The largest absolute Gasteiger partial charge is 0.481 e. The molecule has 2 saturated carbocycles. The van der Waals surface area contributed by atoms with Gasteiger partial charge in [0, 0.05) is 10.1 Å². The molecule has 0 saturated heterocycles. The summed E-state index contributed by atoms with van der Waals surface area (Å²) in [7, 11) is 0. The Bertz CT molecular complexity index is 505. The molecule has 2 aliphatic carbocycles. The highest BCUT2D eigenvalue weighted by atomic mass is 35.5. The van der Waals surface area contributed by atoms with E-state index in [1.807, 2.05) is 30.0 Å². The highest BCUT2D eigenvalue weighted by Gasteiger charge is 2.43. The van der Waals surface area contributed by atoms with Crippen LogP contribution in [-0.4, -0.2) is 16.3 Å². The Morgan fingerprint density at radius 3 is 2.53 bits per heavy atom. The van der Waals surface area contributed by atoms with Crippen LogP contribution in [0.1, 0.15) is 44.1 Å². The van der Waals surface area contributed by atoms with Gasteiger partial charge in [0.15, 0.2) is 0 Å². The monoisotopic (exact) mass is 296 g/mol. The maximum atomic E-state index is 11.7. The van der Waals surface area contributed by atoms with E-state index in [4.69, 9.17) is 11.6 Å². The molecule has 1 aromatic rings. The topological polar surface area (TPSA) is 37.3 Å². The quantitative estimate of drug-likeness (QED) is 0.889. The summed E-state index contributed by atoms with van der Waals surface area (Å²) < 4.78 is 0. The molecule has 1 N–H and O–H groups in total. The molecule has 2 fully saturated rings. The van der Waals surface area contributed by atoms with E-state index in [0.29, 0.717) is 10.3 Å². The van der Waals surface area contributed by atoms with Crippen molar-refractivity contribution in [2.45, 2.75) is 54.1 Å². The number of thioether (sulfide) groups is 1. The molecule has 102 valence electrons. The van der Waals surface area contributed by atoms with Gasteiger partial charge in [-0.1, -0.05) is 30.5 Å². The normalized spacial score (nSPS) is 21.5. The molecule has 2 aliphatic rings. The average molecular weight is 297 g/mol. The van der Waals surface area contributed by atoms with Crippen molar-refractivity contribution in [3.63, 3.8) is 0 Å². The molecule has 1 aromatic carbocycles. The molecule has 0 aliphatic heterocycles. The molecule has 0 heterocycles. The summed E-state index contributed by atoms with van der Waals surface area (Å²) in [4.78, 5) is 12.7. The Kier molecular flexibility index (Phi) is 3.52. The summed E-state index contributed by atoms with van der Waals surface area (Å²) in [5, 5.41) is 11.0. The van der Waals surface area contributed by atoms with E-state index in [9.17, 15) is 9.90 Å². The van der Waals surface area contributed by atoms with Crippen LogP contribution >= 0.6 is 23.4 Å². The first kappa shape index (κ1) is 13.3. The second-order valence-electron chi connectivity index (χ2n) is 5.56. The maximum absolute atomic E-state index is 11.7. The summed E-state index contributed by atoms with van der Waals surface area (Å²) in [5.74, 6) is -0.705. The van der Waals surface area contributed by atoms with Crippen LogP contribution in [0.3, 0.4) is 0 Å². The Hall–Kier alpha value is -0.670. The zero-order valence-electron chi connectivity index (χ0n) is 10.7. The van der Waals surface area contributed by atoms with Gasteiger partial charge < -0.3 is 5.11 Å². The van der Waals surface area contributed by atoms with Gasteiger partial charge in [0.05, 0.1) is 10.4 Å².